The van der Waals surface area contributed by atoms with Crippen LogP contribution in [0.1, 0.15) is 18.9 Å². The van der Waals surface area contributed by atoms with Crippen molar-refractivity contribution in [3.05, 3.63) is 22.3 Å². The largest absolute Gasteiger partial charge is 0.478 e. The van der Waals surface area contributed by atoms with Crippen LogP contribution in [0.5, 0.6) is 5.88 Å². The molecule has 1 aromatic heterocycles. The summed E-state index contributed by atoms with van der Waals surface area (Å²) in [7, 11) is 0. The third kappa shape index (κ3) is 2.46. The van der Waals surface area contributed by atoms with Crippen LogP contribution in [0.25, 0.3) is 0 Å². The molecule has 5 heteroatoms. The number of aromatic nitrogens is 1. The fraction of sp³-hybridized carbons (Fsp3) is 0.583. The number of pyridine rings is 1. The summed E-state index contributed by atoms with van der Waals surface area (Å²) in [5.41, 5.74) is 0.551. The van der Waals surface area contributed by atoms with E-state index in [4.69, 9.17) is 9.47 Å². The minimum atomic E-state index is -0.374. The number of halogens is 1. The first kappa shape index (κ1) is 12.8. The first-order chi connectivity index (χ1) is 8.22. The van der Waals surface area contributed by atoms with Crippen LogP contribution in [0, 0.1) is 0 Å². The van der Waals surface area contributed by atoms with Crippen molar-refractivity contribution in [3.63, 3.8) is 0 Å². The molecule has 17 heavy (non-hydrogen) atoms. The van der Waals surface area contributed by atoms with Crippen molar-refractivity contribution in [2.45, 2.75) is 18.8 Å². The zero-order valence-electron chi connectivity index (χ0n) is 9.78. The van der Waals surface area contributed by atoms with Crippen LogP contribution in [0.4, 0.5) is 0 Å². The Bertz CT molecular complexity index is 391. The summed E-state index contributed by atoms with van der Waals surface area (Å²) in [5, 5.41) is 9.67. The third-order valence-electron chi connectivity index (χ3n) is 3.08. The number of nitrogens with zero attached hydrogens (tertiary/aromatic N) is 1. The van der Waals surface area contributed by atoms with Gasteiger partial charge in [0.15, 0.2) is 0 Å². The maximum atomic E-state index is 9.67. The summed E-state index contributed by atoms with van der Waals surface area (Å²) >= 11 is 3.41. The minimum Gasteiger partial charge on any atom is -0.478 e. The number of aliphatic hydroxyl groups is 1. The Hall–Kier alpha value is -0.650. The smallest absolute Gasteiger partial charge is 0.217 e. The molecular weight excluding hydrogens is 286 g/mol. The summed E-state index contributed by atoms with van der Waals surface area (Å²) in [6.45, 7) is 3.71. The SMILES string of the molecule is CCOc1ncc(Br)cc1C1(CO)CCOC1. The third-order valence-corrected chi connectivity index (χ3v) is 3.51. The molecule has 1 aliphatic heterocycles. The number of hydrogen-bond acceptors (Lipinski definition) is 4. The molecule has 0 aliphatic carbocycles. The number of rotatable bonds is 4. The van der Waals surface area contributed by atoms with Crippen molar-refractivity contribution in [2.24, 2.45) is 0 Å². The van der Waals surface area contributed by atoms with Gasteiger partial charge < -0.3 is 14.6 Å². The van der Waals surface area contributed by atoms with Gasteiger partial charge >= 0.3 is 0 Å². The summed E-state index contributed by atoms with van der Waals surface area (Å²) in [5.74, 6) is 0.593. The molecule has 1 fully saturated rings. The van der Waals surface area contributed by atoms with Crippen molar-refractivity contribution in [1.29, 1.82) is 0 Å². The molecule has 4 nitrogen and oxygen atoms in total. The van der Waals surface area contributed by atoms with Gasteiger partial charge in [-0.05, 0) is 35.3 Å². The number of ether oxygens (including phenoxy) is 2. The molecule has 0 aromatic carbocycles. The van der Waals surface area contributed by atoms with Crippen LogP contribution >= 0.6 is 15.9 Å². The van der Waals surface area contributed by atoms with Gasteiger partial charge in [-0.25, -0.2) is 4.98 Å². The topological polar surface area (TPSA) is 51.6 Å². The Morgan fingerprint density at radius 3 is 3.06 bits per heavy atom. The van der Waals surface area contributed by atoms with Crippen LogP contribution in [-0.2, 0) is 10.2 Å². The minimum absolute atomic E-state index is 0.0468. The molecule has 1 saturated heterocycles. The maximum absolute atomic E-state index is 9.67. The monoisotopic (exact) mass is 301 g/mol. The van der Waals surface area contributed by atoms with Gasteiger partial charge in [-0.15, -0.1) is 0 Å². The van der Waals surface area contributed by atoms with Crippen molar-refractivity contribution in [3.8, 4) is 5.88 Å². The highest BCUT2D eigenvalue weighted by Gasteiger charge is 2.39. The molecule has 1 aromatic rings. The second-order valence-electron chi connectivity index (χ2n) is 4.18. The fourth-order valence-corrected chi connectivity index (χ4v) is 2.42. The Kier molecular flexibility index (Phi) is 4.01. The lowest BCUT2D eigenvalue weighted by Crippen LogP contribution is -2.32. The van der Waals surface area contributed by atoms with Crippen LogP contribution in [0.2, 0.25) is 0 Å². The molecule has 0 spiro atoms. The van der Waals surface area contributed by atoms with Crippen LogP contribution in [-0.4, -0.2) is 36.5 Å². The Morgan fingerprint density at radius 2 is 2.47 bits per heavy atom. The molecule has 1 aliphatic rings. The summed E-state index contributed by atoms with van der Waals surface area (Å²) in [4.78, 5) is 4.27. The lowest BCUT2D eigenvalue weighted by molar-refractivity contribution is 0.137. The molecule has 0 amide bonds. The van der Waals surface area contributed by atoms with Gasteiger partial charge in [0.05, 0.1) is 19.8 Å². The van der Waals surface area contributed by atoms with Gasteiger partial charge in [0.1, 0.15) is 0 Å². The first-order valence-corrected chi connectivity index (χ1v) is 6.48. The molecule has 0 bridgehead atoms. The Labute approximate surface area is 109 Å². The molecule has 0 saturated carbocycles. The van der Waals surface area contributed by atoms with Gasteiger partial charge in [-0.3, -0.25) is 0 Å². The lowest BCUT2D eigenvalue weighted by Gasteiger charge is -2.26. The van der Waals surface area contributed by atoms with Crippen molar-refractivity contribution in [1.82, 2.24) is 4.98 Å². The molecule has 1 N–H and O–H groups in total. The van der Waals surface area contributed by atoms with Crippen LogP contribution in [0.3, 0.4) is 0 Å². The molecule has 0 radical (unpaired) electrons. The van der Waals surface area contributed by atoms with Gasteiger partial charge in [0, 0.05) is 28.3 Å². The molecule has 2 heterocycles. The second-order valence-corrected chi connectivity index (χ2v) is 5.10. The fourth-order valence-electron chi connectivity index (χ4n) is 2.09. The summed E-state index contributed by atoms with van der Waals surface area (Å²) in [6.07, 6.45) is 2.50. The predicted molar refractivity (Wildman–Crippen MR) is 67.3 cm³/mol. The quantitative estimate of drug-likeness (QED) is 0.923. The summed E-state index contributed by atoms with van der Waals surface area (Å²) < 4.78 is 11.8. The lowest BCUT2D eigenvalue weighted by atomic mass is 9.81. The molecule has 1 atom stereocenters. The van der Waals surface area contributed by atoms with E-state index in [9.17, 15) is 5.11 Å². The zero-order valence-corrected chi connectivity index (χ0v) is 11.4. The zero-order chi connectivity index (χ0) is 12.3. The van der Waals surface area contributed by atoms with Crippen molar-refractivity contribution in [2.75, 3.05) is 26.4 Å². The molecular formula is C12H16BrNO3. The average molecular weight is 302 g/mol. The van der Waals surface area contributed by atoms with E-state index < -0.39 is 0 Å². The first-order valence-electron chi connectivity index (χ1n) is 5.69. The average Bonchev–Trinajstić information content (AvgIpc) is 2.81. The van der Waals surface area contributed by atoms with Gasteiger partial charge in [0.25, 0.3) is 0 Å². The Balaban J connectivity index is 2.43. The highest BCUT2D eigenvalue weighted by Crippen LogP contribution is 2.38. The number of aliphatic hydroxyl groups excluding tert-OH is 1. The molecule has 94 valence electrons. The van der Waals surface area contributed by atoms with E-state index in [2.05, 4.69) is 20.9 Å². The Morgan fingerprint density at radius 1 is 1.65 bits per heavy atom. The molecule has 2 rings (SSSR count). The normalized spacial score (nSPS) is 23.9. The van der Waals surface area contributed by atoms with E-state index in [1.807, 2.05) is 13.0 Å². The highest BCUT2D eigenvalue weighted by molar-refractivity contribution is 9.10. The van der Waals surface area contributed by atoms with Gasteiger partial charge in [-0.2, -0.15) is 0 Å². The number of hydrogen-bond donors (Lipinski definition) is 1. The van der Waals surface area contributed by atoms with E-state index in [0.29, 0.717) is 25.7 Å². The van der Waals surface area contributed by atoms with Crippen LogP contribution in [0.15, 0.2) is 16.7 Å². The van der Waals surface area contributed by atoms with E-state index in [1.165, 1.54) is 0 Å². The predicted octanol–water partition coefficient (Wildman–Crippen LogP) is 1.89. The molecule has 1 unspecified atom stereocenters. The van der Waals surface area contributed by atoms with E-state index >= 15 is 0 Å². The second kappa shape index (κ2) is 5.33. The van der Waals surface area contributed by atoms with Crippen LogP contribution < -0.4 is 4.74 Å². The van der Waals surface area contributed by atoms with E-state index in [1.54, 1.807) is 6.20 Å². The van der Waals surface area contributed by atoms with E-state index in [0.717, 1.165) is 16.5 Å². The van der Waals surface area contributed by atoms with Crippen molar-refractivity contribution < 1.29 is 14.6 Å². The standard InChI is InChI=1S/C12H16BrNO3/c1-2-17-11-10(5-9(13)6-14-11)12(7-15)3-4-16-8-12/h5-6,15H,2-4,7-8H2,1H3. The van der Waals surface area contributed by atoms with Gasteiger partial charge in [-0.1, -0.05) is 0 Å². The maximum Gasteiger partial charge on any atom is 0.217 e. The van der Waals surface area contributed by atoms with Gasteiger partial charge in [0.2, 0.25) is 5.88 Å². The summed E-state index contributed by atoms with van der Waals surface area (Å²) in [6, 6.07) is 1.96. The van der Waals surface area contributed by atoms with E-state index in [-0.39, 0.29) is 12.0 Å². The van der Waals surface area contributed by atoms with Crippen molar-refractivity contribution >= 4 is 15.9 Å². The highest BCUT2D eigenvalue weighted by atomic mass is 79.9.